The molecule has 0 N–H and O–H groups in total. The summed E-state index contributed by atoms with van der Waals surface area (Å²) in [5, 5.41) is 0.650. The summed E-state index contributed by atoms with van der Waals surface area (Å²) < 4.78 is 11.3. The van der Waals surface area contributed by atoms with Gasteiger partial charge in [0.25, 0.3) is 0 Å². The van der Waals surface area contributed by atoms with Crippen LogP contribution in [0.15, 0.2) is 65.1 Å². The molecule has 0 aliphatic carbocycles. The van der Waals surface area contributed by atoms with Gasteiger partial charge in [-0.05, 0) is 48.5 Å². The summed E-state index contributed by atoms with van der Waals surface area (Å²) in [6, 6.07) is 17.9. The Labute approximate surface area is 126 Å². The molecule has 0 amide bonds. The van der Waals surface area contributed by atoms with Crippen molar-refractivity contribution in [2.75, 3.05) is 0 Å². The summed E-state index contributed by atoms with van der Waals surface area (Å²) in [6.45, 7) is 0. The first kappa shape index (κ1) is 13.5. The Morgan fingerprint density at radius 3 is 2.43 bits per heavy atom. The molecule has 3 rings (SSSR count). The molecule has 0 radical (unpaired) electrons. The van der Waals surface area contributed by atoms with Crippen molar-refractivity contribution in [2.24, 2.45) is 0 Å². The van der Waals surface area contributed by atoms with Crippen LogP contribution in [-0.2, 0) is 0 Å². The highest BCUT2D eigenvalue weighted by molar-refractivity contribution is 6.30. The molecule has 0 aliphatic heterocycles. The number of halogens is 1. The molecule has 0 spiro atoms. The molecule has 0 unspecified atom stereocenters. The van der Waals surface area contributed by atoms with E-state index in [1.165, 1.54) is 0 Å². The predicted octanol–water partition coefficient (Wildman–Crippen LogP) is 5.20. The first-order valence-corrected chi connectivity index (χ1v) is 6.72. The second-order valence-corrected chi connectivity index (χ2v) is 4.81. The van der Waals surface area contributed by atoms with Gasteiger partial charge in [-0.1, -0.05) is 23.7 Å². The Morgan fingerprint density at radius 2 is 1.71 bits per heavy atom. The van der Waals surface area contributed by atoms with Crippen LogP contribution in [0.2, 0.25) is 5.02 Å². The minimum atomic E-state index is 0.284. The lowest BCUT2D eigenvalue weighted by Crippen LogP contribution is -1.87. The number of hydrogen-bond donors (Lipinski definition) is 0. The number of para-hydroxylation sites is 1. The fourth-order valence-corrected chi connectivity index (χ4v) is 2.08. The van der Waals surface area contributed by atoms with Gasteiger partial charge in [-0.3, -0.25) is 4.79 Å². The maximum absolute atomic E-state index is 10.7. The van der Waals surface area contributed by atoms with E-state index in [1.54, 1.807) is 36.4 Å². The number of hydrogen-bond acceptors (Lipinski definition) is 3. The highest BCUT2D eigenvalue weighted by atomic mass is 35.5. The van der Waals surface area contributed by atoms with Gasteiger partial charge >= 0.3 is 0 Å². The summed E-state index contributed by atoms with van der Waals surface area (Å²) in [5.41, 5.74) is 0.778. The Morgan fingerprint density at radius 1 is 0.952 bits per heavy atom. The normalized spacial score (nSPS) is 10.3. The third kappa shape index (κ3) is 2.98. The molecule has 0 aliphatic rings. The van der Waals surface area contributed by atoms with Gasteiger partial charge in [0.2, 0.25) is 0 Å². The van der Waals surface area contributed by atoms with E-state index in [9.17, 15) is 4.79 Å². The average molecular weight is 299 g/mol. The first-order valence-electron chi connectivity index (χ1n) is 6.34. The van der Waals surface area contributed by atoms with Gasteiger partial charge in [0.05, 0.1) is 5.56 Å². The lowest BCUT2D eigenvalue weighted by molar-refractivity contribution is 0.110. The SMILES string of the molecule is O=Cc1ccc(-c2ccccc2Oc2ccc(Cl)cc2)o1. The molecule has 0 bridgehead atoms. The zero-order chi connectivity index (χ0) is 14.7. The van der Waals surface area contributed by atoms with Crippen molar-refractivity contribution in [2.45, 2.75) is 0 Å². The van der Waals surface area contributed by atoms with Crippen molar-refractivity contribution in [3.63, 3.8) is 0 Å². The van der Waals surface area contributed by atoms with Crippen LogP contribution in [-0.4, -0.2) is 6.29 Å². The van der Waals surface area contributed by atoms with Crippen LogP contribution in [0, 0.1) is 0 Å². The third-order valence-electron chi connectivity index (χ3n) is 2.94. The zero-order valence-electron chi connectivity index (χ0n) is 11.0. The van der Waals surface area contributed by atoms with E-state index in [2.05, 4.69) is 0 Å². The van der Waals surface area contributed by atoms with Crippen LogP contribution in [0.3, 0.4) is 0 Å². The standard InChI is InChI=1S/C17H11ClO3/c18-12-5-7-13(8-6-12)20-16-4-2-1-3-15(16)17-10-9-14(11-19)21-17/h1-11H. The second kappa shape index (κ2) is 5.85. The molecule has 3 aromatic rings. The third-order valence-corrected chi connectivity index (χ3v) is 3.19. The molecule has 104 valence electrons. The molecule has 0 fully saturated rings. The molecule has 0 atom stereocenters. The van der Waals surface area contributed by atoms with E-state index in [1.807, 2.05) is 24.3 Å². The van der Waals surface area contributed by atoms with E-state index in [0.717, 1.165) is 5.56 Å². The zero-order valence-corrected chi connectivity index (χ0v) is 11.7. The Hall–Kier alpha value is -2.52. The van der Waals surface area contributed by atoms with Crippen LogP contribution in [0.1, 0.15) is 10.6 Å². The fourth-order valence-electron chi connectivity index (χ4n) is 1.95. The number of carbonyl (C=O) groups excluding carboxylic acids is 1. The Kier molecular flexibility index (Phi) is 3.75. The molecule has 3 nitrogen and oxygen atoms in total. The van der Waals surface area contributed by atoms with Gasteiger partial charge in [0, 0.05) is 5.02 Å². The monoisotopic (exact) mass is 298 g/mol. The van der Waals surface area contributed by atoms with Crippen molar-refractivity contribution in [3.8, 4) is 22.8 Å². The maximum atomic E-state index is 10.7. The maximum Gasteiger partial charge on any atom is 0.185 e. The van der Waals surface area contributed by atoms with Crippen LogP contribution in [0.4, 0.5) is 0 Å². The number of furan rings is 1. The molecule has 21 heavy (non-hydrogen) atoms. The van der Waals surface area contributed by atoms with Crippen LogP contribution in [0.5, 0.6) is 11.5 Å². The molecule has 0 saturated carbocycles. The van der Waals surface area contributed by atoms with Crippen molar-refractivity contribution in [3.05, 3.63) is 71.4 Å². The molecule has 0 saturated heterocycles. The van der Waals surface area contributed by atoms with Crippen LogP contribution >= 0.6 is 11.6 Å². The smallest absolute Gasteiger partial charge is 0.185 e. The van der Waals surface area contributed by atoms with Gasteiger partial charge < -0.3 is 9.15 Å². The number of benzene rings is 2. The molecular weight excluding hydrogens is 288 g/mol. The van der Waals surface area contributed by atoms with Crippen LogP contribution in [0.25, 0.3) is 11.3 Å². The first-order chi connectivity index (χ1) is 10.3. The molecular formula is C17H11ClO3. The van der Waals surface area contributed by atoms with Gasteiger partial charge in [0.15, 0.2) is 12.0 Å². The average Bonchev–Trinajstić information content (AvgIpc) is 2.99. The minimum absolute atomic E-state index is 0.284. The summed E-state index contributed by atoms with van der Waals surface area (Å²) in [5.74, 6) is 2.19. The van der Waals surface area contributed by atoms with Gasteiger partial charge in [-0.15, -0.1) is 0 Å². The van der Waals surface area contributed by atoms with E-state index in [-0.39, 0.29) is 5.76 Å². The quantitative estimate of drug-likeness (QED) is 0.621. The van der Waals surface area contributed by atoms with Gasteiger partial charge in [0.1, 0.15) is 17.3 Å². The minimum Gasteiger partial charge on any atom is -0.457 e. The van der Waals surface area contributed by atoms with Crippen molar-refractivity contribution < 1.29 is 13.9 Å². The fraction of sp³-hybridized carbons (Fsp3) is 0. The lowest BCUT2D eigenvalue weighted by atomic mass is 10.1. The van der Waals surface area contributed by atoms with Crippen molar-refractivity contribution in [1.82, 2.24) is 0 Å². The van der Waals surface area contributed by atoms with Crippen LogP contribution < -0.4 is 4.74 Å². The van der Waals surface area contributed by atoms with E-state index in [4.69, 9.17) is 20.8 Å². The largest absolute Gasteiger partial charge is 0.457 e. The van der Waals surface area contributed by atoms with E-state index < -0.39 is 0 Å². The summed E-state index contributed by atoms with van der Waals surface area (Å²) in [7, 11) is 0. The molecule has 1 heterocycles. The van der Waals surface area contributed by atoms with Gasteiger partial charge in [-0.25, -0.2) is 0 Å². The van der Waals surface area contributed by atoms with E-state index >= 15 is 0 Å². The summed E-state index contributed by atoms with van der Waals surface area (Å²) >= 11 is 5.86. The number of ether oxygens (including phenoxy) is 1. The highest BCUT2D eigenvalue weighted by Crippen LogP contribution is 2.34. The Balaban J connectivity index is 1.95. The lowest BCUT2D eigenvalue weighted by Gasteiger charge is -2.09. The second-order valence-electron chi connectivity index (χ2n) is 4.37. The Bertz CT molecular complexity index is 760. The highest BCUT2D eigenvalue weighted by Gasteiger charge is 2.11. The van der Waals surface area contributed by atoms with Crippen molar-refractivity contribution in [1.29, 1.82) is 0 Å². The number of rotatable bonds is 4. The summed E-state index contributed by atoms with van der Waals surface area (Å²) in [6.07, 6.45) is 0.673. The number of carbonyl (C=O) groups is 1. The summed E-state index contributed by atoms with van der Waals surface area (Å²) in [4.78, 5) is 10.7. The topological polar surface area (TPSA) is 39.4 Å². The molecule has 4 heteroatoms. The van der Waals surface area contributed by atoms with E-state index in [0.29, 0.717) is 28.6 Å². The van der Waals surface area contributed by atoms with Crippen molar-refractivity contribution >= 4 is 17.9 Å². The van der Waals surface area contributed by atoms with Gasteiger partial charge in [-0.2, -0.15) is 0 Å². The molecule has 2 aromatic carbocycles. The number of aldehydes is 1. The molecule has 1 aromatic heterocycles. The predicted molar refractivity (Wildman–Crippen MR) is 81.1 cm³/mol.